The second kappa shape index (κ2) is 7.77. The highest BCUT2D eigenvalue weighted by atomic mass is 16.6. The number of ether oxygens (including phenoxy) is 1. The average Bonchev–Trinajstić information content (AvgIpc) is 2.50. The molecule has 0 aromatic rings. The fourth-order valence-electron chi connectivity index (χ4n) is 3.57. The van der Waals surface area contributed by atoms with Crippen LogP contribution in [0.4, 0.5) is 0 Å². The summed E-state index contributed by atoms with van der Waals surface area (Å²) in [4.78, 5) is 23.6. The van der Waals surface area contributed by atoms with Crippen LogP contribution in [0, 0.1) is 11.3 Å². The summed E-state index contributed by atoms with van der Waals surface area (Å²) in [5.74, 6) is -0.511. The van der Waals surface area contributed by atoms with Gasteiger partial charge in [0.05, 0.1) is 0 Å². The molecule has 2 aliphatic rings. The van der Waals surface area contributed by atoms with E-state index in [-0.39, 0.29) is 17.9 Å². The number of rotatable bonds is 8. The van der Waals surface area contributed by atoms with E-state index in [0.717, 1.165) is 25.7 Å². The maximum Gasteiger partial charge on any atom is 0.331 e. The van der Waals surface area contributed by atoms with E-state index in [1.807, 2.05) is 0 Å². The largest absolute Gasteiger partial charge is 0.391 e. The zero-order valence-corrected chi connectivity index (χ0v) is 13.2. The molecule has 0 aromatic heterocycles. The van der Waals surface area contributed by atoms with Crippen molar-refractivity contribution in [3.05, 3.63) is 12.2 Å². The van der Waals surface area contributed by atoms with Crippen LogP contribution in [0.2, 0.25) is 0 Å². The SMILES string of the molecule is CCCCCCCCC=CC1CCCCC12C(=O)OC2=O. The number of allylic oxidation sites excluding steroid dienone is 2. The van der Waals surface area contributed by atoms with Gasteiger partial charge in [0.15, 0.2) is 5.41 Å². The van der Waals surface area contributed by atoms with Gasteiger partial charge in [0.1, 0.15) is 0 Å². The Morgan fingerprint density at radius 2 is 1.81 bits per heavy atom. The van der Waals surface area contributed by atoms with Crippen molar-refractivity contribution >= 4 is 11.9 Å². The molecule has 3 heteroatoms. The van der Waals surface area contributed by atoms with Crippen LogP contribution in [0.1, 0.15) is 77.6 Å². The number of carbonyl (C=O) groups excluding carboxylic acids is 2. The normalized spacial score (nSPS) is 24.3. The molecule has 1 unspecified atom stereocenters. The third-order valence-electron chi connectivity index (χ3n) is 4.98. The first-order chi connectivity index (χ1) is 10.2. The predicted molar refractivity (Wildman–Crippen MR) is 82.6 cm³/mol. The molecule has 0 N–H and O–H groups in total. The lowest BCUT2D eigenvalue weighted by Gasteiger charge is -2.43. The molecule has 0 amide bonds. The summed E-state index contributed by atoms with van der Waals surface area (Å²) in [7, 11) is 0. The molecular weight excluding hydrogens is 264 g/mol. The maximum atomic E-state index is 11.8. The Balaban J connectivity index is 1.74. The Bertz CT molecular complexity index is 383. The van der Waals surface area contributed by atoms with Crippen LogP contribution in [0.3, 0.4) is 0 Å². The quantitative estimate of drug-likeness (QED) is 0.285. The molecule has 1 aliphatic heterocycles. The molecule has 2 rings (SSSR count). The first-order valence-electron chi connectivity index (χ1n) is 8.65. The topological polar surface area (TPSA) is 43.4 Å². The molecule has 118 valence electrons. The summed E-state index contributed by atoms with van der Waals surface area (Å²) in [6.07, 6.45) is 16.8. The Hall–Kier alpha value is -1.12. The van der Waals surface area contributed by atoms with Gasteiger partial charge in [-0.2, -0.15) is 0 Å². The molecule has 1 heterocycles. The van der Waals surface area contributed by atoms with E-state index in [2.05, 4.69) is 23.8 Å². The summed E-state index contributed by atoms with van der Waals surface area (Å²) in [6, 6.07) is 0. The molecule has 1 spiro atoms. The number of unbranched alkanes of at least 4 members (excludes halogenated alkanes) is 6. The monoisotopic (exact) mass is 292 g/mol. The minimum absolute atomic E-state index is 0.0695. The zero-order chi connectivity index (χ0) is 15.1. The van der Waals surface area contributed by atoms with Crippen molar-refractivity contribution in [2.75, 3.05) is 0 Å². The maximum absolute atomic E-state index is 11.8. The molecule has 0 bridgehead atoms. The van der Waals surface area contributed by atoms with Gasteiger partial charge in [-0.25, -0.2) is 0 Å². The lowest BCUT2D eigenvalue weighted by Crippen LogP contribution is -2.58. The van der Waals surface area contributed by atoms with Gasteiger partial charge >= 0.3 is 11.9 Å². The van der Waals surface area contributed by atoms with Gasteiger partial charge in [0, 0.05) is 5.92 Å². The molecule has 1 saturated heterocycles. The van der Waals surface area contributed by atoms with Crippen LogP contribution < -0.4 is 0 Å². The van der Waals surface area contributed by atoms with E-state index in [4.69, 9.17) is 0 Å². The van der Waals surface area contributed by atoms with Crippen LogP contribution in [0.15, 0.2) is 12.2 Å². The first kappa shape index (κ1) is 16.3. The predicted octanol–water partition coefficient (Wildman–Crippen LogP) is 4.55. The Morgan fingerprint density at radius 1 is 1.10 bits per heavy atom. The second-order valence-corrected chi connectivity index (χ2v) is 6.49. The first-order valence-corrected chi connectivity index (χ1v) is 8.65. The van der Waals surface area contributed by atoms with E-state index in [0.29, 0.717) is 6.42 Å². The number of hydrogen-bond acceptors (Lipinski definition) is 3. The van der Waals surface area contributed by atoms with Gasteiger partial charge in [0.2, 0.25) is 0 Å². The summed E-state index contributed by atoms with van der Waals surface area (Å²) in [6.45, 7) is 2.23. The molecule has 1 saturated carbocycles. The smallest absolute Gasteiger partial charge is 0.331 e. The van der Waals surface area contributed by atoms with Gasteiger partial charge in [-0.05, 0) is 25.7 Å². The summed E-state index contributed by atoms with van der Waals surface area (Å²) in [5.41, 5.74) is -0.810. The van der Waals surface area contributed by atoms with E-state index in [1.165, 1.54) is 38.5 Å². The number of carbonyl (C=O) groups is 2. The lowest BCUT2D eigenvalue weighted by atomic mass is 9.63. The third-order valence-corrected chi connectivity index (χ3v) is 4.98. The molecule has 3 nitrogen and oxygen atoms in total. The van der Waals surface area contributed by atoms with Gasteiger partial charge in [-0.15, -0.1) is 0 Å². The van der Waals surface area contributed by atoms with Gasteiger partial charge < -0.3 is 4.74 Å². The van der Waals surface area contributed by atoms with E-state index in [9.17, 15) is 9.59 Å². The highest BCUT2D eigenvalue weighted by Gasteiger charge is 2.62. The fourth-order valence-corrected chi connectivity index (χ4v) is 3.57. The summed E-state index contributed by atoms with van der Waals surface area (Å²) in [5, 5.41) is 0. The fraction of sp³-hybridized carbons (Fsp3) is 0.778. The molecule has 1 aliphatic carbocycles. The molecule has 0 aromatic carbocycles. The van der Waals surface area contributed by atoms with Crippen molar-refractivity contribution < 1.29 is 14.3 Å². The van der Waals surface area contributed by atoms with E-state index >= 15 is 0 Å². The second-order valence-electron chi connectivity index (χ2n) is 6.49. The summed E-state index contributed by atoms with van der Waals surface area (Å²) >= 11 is 0. The molecule has 21 heavy (non-hydrogen) atoms. The molecular formula is C18H28O3. The third kappa shape index (κ3) is 3.56. The lowest BCUT2D eigenvalue weighted by molar-refractivity contribution is -0.203. The minimum Gasteiger partial charge on any atom is -0.391 e. The van der Waals surface area contributed by atoms with Gasteiger partial charge in [-0.3, -0.25) is 9.59 Å². The van der Waals surface area contributed by atoms with Crippen LogP contribution in [0.25, 0.3) is 0 Å². The van der Waals surface area contributed by atoms with Gasteiger partial charge in [0.25, 0.3) is 0 Å². The van der Waals surface area contributed by atoms with Crippen LogP contribution >= 0.6 is 0 Å². The standard InChI is InChI=1S/C18H28O3/c1-2-3-4-5-6-7-8-9-12-15-13-10-11-14-18(15)16(19)21-17(18)20/h9,12,15H,2-8,10-11,13-14H2,1H3. The van der Waals surface area contributed by atoms with Crippen molar-refractivity contribution in [3.63, 3.8) is 0 Å². The Labute approximate surface area is 128 Å². The van der Waals surface area contributed by atoms with Gasteiger partial charge in [-0.1, -0.05) is 64.0 Å². The van der Waals surface area contributed by atoms with E-state index in [1.54, 1.807) is 0 Å². The van der Waals surface area contributed by atoms with Crippen molar-refractivity contribution in [1.29, 1.82) is 0 Å². The molecule has 1 atom stereocenters. The van der Waals surface area contributed by atoms with Crippen molar-refractivity contribution in [3.8, 4) is 0 Å². The highest BCUT2D eigenvalue weighted by Crippen LogP contribution is 2.49. The van der Waals surface area contributed by atoms with Crippen LogP contribution in [0.5, 0.6) is 0 Å². The van der Waals surface area contributed by atoms with Crippen LogP contribution in [-0.2, 0) is 14.3 Å². The highest BCUT2D eigenvalue weighted by molar-refractivity contribution is 6.14. The Kier molecular flexibility index (Phi) is 6.01. The van der Waals surface area contributed by atoms with E-state index < -0.39 is 5.41 Å². The van der Waals surface area contributed by atoms with Crippen LogP contribution in [-0.4, -0.2) is 11.9 Å². The number of cyclic esters (lactones) is 2. The van der Waals surface area contributed by atoms with Crippen molar-refractivity contribution in [2.24, 2.45) is 11.3 Å². The number of hydrogen-bond donors (Lipinski definition) is 0. The zero-order valence-electron chi connectivity index (χ0n) is 13.2. The molecule has 2 fully saturated rings. The number of esters is 2. The summed E-state index contributed by atoms with van der Waals surface area (Å²) < 4.78 is 4.63. The molecule has 0 radical (unpaired) electrons. The van der Waals surface area contributed by atoms with Crippen molar-refractivity contribution in [1.82, 2.24) is 0 Å². The average molecular weight is 292 g/mol. The van der Waals surface area contributed by atoms with Crippen molar-refractivity contribution in [2.45, 2.75) is 77.6 Å². The minimum atomic E-state index is -0.810. The Morgan fingerprint density at radius 3 is 2.52 bits per heavy atom.